The molecule has 3 aromatic rings. The van der Waals surface area contributed by atoms with E-state index in [2.05, 4.69) is 21.4 Å². The molecule has 0 aliphatic rings. The highest BCUT2D eigenvalue weighted by atomic mass is 35.5. The number of anilines is 1. The van der Waals surface area contributed by atoms with Crippen LogP contribution in [0, 0.1) is 0 Å². The van der Waals surface area contributed by atoms with Crippen molar-refractivity contribution in [1.82, 2.24) is 9.97 Å². The average molecular weight is 290 g/mol. The van der Waals surface area contributed by atoms with E-state index in [4.69, 9.17) is 11.6 Å². The minimum atomic E-state index is 0.522. The summed E-state index contributed by atoms with van der Waals surface area (Å²) in [5, 5.41) is 2.64. The van der Waals surface area contributed by atoms with E-state index in [1.807, 2.05) is 43.4 Å². The van der Waals surface area contributed by atoms with E-state index in [9.17, 15) is 0 Å². The molecule has 3 rings (SSSR count). The predicted molar refractivity (Wildman–Crippen MR) is 82.2 cm³/mol. The molecule has 0 spiro atoms. The summed E-state index contributed by atoms with van der Waals surface area (Å²) in [5.74, 6) is 0.930. The van der Waals surface area contributed by atoms with Gasteiger partial charge in [0.1, 0.15) is 11.0 Å². The van der Waals surface area contributed by atoms with Crippen molar-refractivity contribution in [1.29, 1.82) is 0 Å². The Bertz CT molecular complexity index is 736. The summed E-state index contributed by atoms with van der Waals surface area (Å²) < 4.78 is 1.14. The van der Waals surface area contributed by atoms with Crippen molar-refractivity contribution in [2.75, 3.05) is 19.0 Å². The van der Waals surface area contributed by atoms with Gasteiger partial charge in [-0.25, -0.2) is 9.97 Å². The van der Waals surface area contributed by atoms with Crippen molar-refractivity contribution >= 4 is 39.0 Å². The first-order valence-corrected chi connectivity index (χ1v) is 7.08. The molecule has 0 aromatic carbocycles. The van der Waals surface area contributed by atoms with Gasteiger partial charge in [0.15, 0.2) is 0 Å². The first kappa shape index (κ1) is 12.4. The number of rotatable bonds is 2. The molecule has 0 atom stereocenters. The molecule has 3 heterocycles. The van der Waals surface area contributed by atoms with Crippen LogP contribution in [0.4, 0.5) is 5.82 Å². The van der Waals surface area contributed by atoms with Gasteiger partial charge in [-0.3, -0.25) is 0 Å². The Hall–Kier alpha value is -1.65. The maximum atomic E-state index is 5.99. The Morgan fingerprint density at radius 3 is 2.84 bits per heavy atom. The van der Waals surface area contributed by atoms with Crippen LogP contribution in [0.2, 0.25) is 5.15 Å². The second-order valence-corrected chi connectivity index (χ2v) is 5.73. The van der Waals surface area contributed by atoms with E-state index in [-0.39, 0.29) is 0 Å². The smallest absolute Gasteiger partial charge is 0.129 e. The van der Waals surface area contributed by atoms with Crippen LogP contribution < -0.4 is 4.90 Å². The first-order chi connectivity index (χ1) is 9.15. The summed E-state index contributed by atoms with van der Waals surface area (Å²) in [4.78, 5) is 10.7. The second kappa shape index (κ2) is 4.79. The number of hydrogen-bond donors (Lipinski definition) is 0. The van der Waals surface area contributed by atoms with Crippen LogP contribution >= 0.6 is 22.9 Å². The lowest BCUT2D eigenvalue weighted by molar-refractivity contribution is 1.07. The van der Waals surface area contributed by atoms with Crippen LogP contribution in [0.1, 0.15) is 0 Å². The van der Waals surface area contributed by atoms with Gasteiger partial charge in [0, 0.05) is 31.2 Å². The van der Waals surface area contributed by atoms with E-state index >= 15 is 0 Å². The number of aromatic nitrogens is 2. The summed E-state index contributed by atoms with van der Waals surface area (Å²) in [6.07, 6.45) is 1.82. The molecule has 0 fully saturated rings. The molecule has 0 N–H and O–H groups in total. The first-order valence-electron chi connectivity index (χ1n) is 5.82. The average Bonchev–Trinajstić information content (AvgIpc) is 2.81. The minimum absolute atomic E-state index is 0.522. The van der Waals surface area contributed by atoms with Crippen molar-refractivity contribution in [2.45, 2.75) is 0 Å². The van der Waals surface area contributed by atoms with Crippen LogP contribution in [-0.2, 0) is 0 Å². The van der Waals surface area contributed by atoms with Gasteiger partial charge >= 0.3 is 0 Å². The highest BCUT2D eigenvalue weighted by Crippen LogP contribution is 2.34. The third-order valence-electron chi connectivity index (χ3n) is 2.90. The molecule has 3 aromatic heterocycles. The number of pyridine rings is 2. The largest absolute Gasteiger partial charge is 0.363 e. The molecule has 0 saturated heterocycles. The maximum Gasteiger partial charge on any atom is 0.129 e. The zero-order chi connectivity index (χ0) is 13.4. The number of nitrogens with zero attached hydrogens (tertiary/aromatic N) is 3. The molecule has 0 amide bonds. The third-order valence-corrected chi connectivity index (χ3v) is 4.05. The molecule has 0 radical (unpaired) electrons. The highest BCUT2D eigenvalue weighted by molar-refractivity contribution is 7.17. The summed E-state index contributed by atoms with van der Waals surface area (Å²) >= 11 is 7.67. The van der Waals surface area contributed by atoms with E-state index in [0.717, 1.165) is 27.2 Å². The second-order valence-electron chi connectivity index (χ2n) is 4.43. The van der Waals surface area contributed by atoms with Crippen molar-refractivity contribution in [3.8, 4) is 11.1 Å². The Balaban J connectivity index is 2.18. The van der Waals surface area contributed by atoms with Crippen LogP contribution in [-0.4, -0.2) is 24.1 Å². The van der Waals surface area contributed by atoms with Crippen molar-refractivity contribution in [3.05, 3.63) is 41.0 Å². The van der Waals surface area contributed by atoms with Gasteiger partial charge < -0.3 is 4.90 Å². The molecular formula is C14H12ClN3S. The fraction of sp³-hybridized carbons (Fsp3) is 0.143. The van der Waals surface area contributed by atoms with Gasteiger partial charge in [0.25, 0.3) is 0 Å². The summed E-state index contributed by atoms with van der Waals surface area (Å²) in [7, 11) is 3.96. The Morgan fingerprint density at radius 2 is 2.05 bits per heavy atom. The van der Waals surface area contributed by atoms with Crippen molar-refractivity contribution in [3.63, 3.8) is 0 Å². The fourth-order valence-electron chi connectivity index (χ4n) is 1.92. The lowest BCUT2D eigenvalue weighted by Crippen LogP contribution is -2.10. The SMILES string of the molecule is CN(C)c1cc(-c2csc3ccc(Cl)nc23)ccn1. The highest BCUT2D eigenvalue weighted by Gasteiger charge is 2.09. The third kappa shape index (κ3) is 2.29. The van der Waals surface area contributed by atoms with E-state index in [0.29, 0.717) is 5.15 Å². The van der Waals surface area contributed by atoms with E-state index in [1.54, 1.807) is 11.3 Å². The molecule has 0 aliphatic heterocycles. The standard InChI is InChI=1S/C14H12ClN3S/c1-18(2)13-7-9(5-6-16-13)10-8-19-11-3-4-12(15)17-14(10)11/h3-8H,1-2H3. The van der Waals surface area contributed by atoms with Gasteiger partial charge in [-0.1, -0.05) is 11.6 Å². The number of hydrogen-bond acceptors (Lipinski definition) is 4. The Kier molecular flexibility index (Phi) is 3.12. The Labute approximate surface area is 120 Å². The molecule has 0 unspecified atom stereocenters. The van der Waals surface area contributed by atoms with Crippen LogP contribution in [0.15, 0.2) is 35.8 Å². The van der Waals surface area contributed by atoms with Crippen LogP contribution in [0.25, 0.3) is 21.3 Å². The molecule has 96 valence electrons. The zero-order valence-electron chi connectivity index (χ0n) is 10.6. The fourth-order valence-corrected chi connectivity index (χ4v) is 2.98. The summed E-state index contributed by atoms with van der Waals surface area (Å²) in [6, 6.07) is 7.88. The van der Waals surface area contributed by atoms with Gasteiger partial charge in [-0.2, -0.15) is 0 Å². The Morgan fingerprint density at radius 1 is 1.21 bits per heavy atom. The molecule has 0 bridgehead atoms. The molecular weight excluding hydrogens is 278 g/mol. The lowest BCUT2D eigenvalue weighted by Gasteiger charge is -2.11. The summed E-state index contributed by atoms with van der Waals surface area (Å²) in [6.45, 7) is 0. The van der Waals surface area contributed by atoms with Gasteiger partial charge in [0.05, 0.1) is 10.2 Å². The lowest BCUT2D eigenvalue weighted by atomic mass is 10.1. The topological polar surface area (TPSA) is 29.0 Å². The van der Waals surface area contributed by atoms with Crippen molar-refractivity contribution in [2.24, 2.45) is 0 Å². The molecule has 0 saturated carbocycles. The van der Waals surface area contributed by atoms with Gasteiger partial charge in [0.2, 0.25) is 0 Å². The van der Waals surface area contributed by atoms with Gasteiger partial charge in [-0.05, 0) is 29.8 Å². The van der Waals surface area contributed by atoms with Crippen molar-refractivity contribution < 1.29 is 0 Å². The normalized spacial score (nSPS) is 10.9. The molecule has 0 aliphatic carbocycles. The van der Waals surface area contributed by atoms with Crippen LogP contribution in [0.3, 0.4) is 0 Å². The summed E-state index contributed by atoms with van der Waals surface area (Å²) in [5.41, 5.74) is 3.17. The molecule has 19 heavy (non-hydrogen) atoms. The number of fused-ring (bicyclic) bond motifs is 1. The van der Waals surface area contributed by atoms with Gasteiger partial charge in [-0.15, -0.1) is 11.3 Å². The van der Waals surface area contributed by atoms with Crippen LogP contribution in [0.5, 0.6) is 0 Å². The maximum absolute atomic E-state index is 5.99. The number of halogens is 1. The molecule has 5 heteroatoms. The van der Waals surface area contributed by atoms with E-state index in [1.165, 1.54) is 0 Å². The zero-order valence-corrected chi connectivity index (χ0v) is 12.2. The predicted octanol–water partition coefficient (Wildman–Crippen LogP) is 4.08. The number of thiophene rings is 1. The molecule has 3 nitrogen and oxygen atoms in total. The quantitative estimate of drug-likeness (QED) is 0.666. The van der Waals surface area contributed by atoms with E-state index < -0.39 is 0 Å². The minimum Gasteiger partial charge on any atom is -0.363 e. The monoisotopic (exact) mass is 289 g/mol.